The predicted octanol–water partition coefficient (Wildman–Crippen LogP) is 1.65. The first kappa shape index (κ1) is 13.4. The Bertz CT molecular complexity index is 157. The third kappa shape index (κ3) is 6.89. The Hall–Kier alpha value is -0.570. The molecule has 3 heteroatoms. The maximum absolute atomic E-state index is 11.4. The molecule has 0 saturated heterocycles. The molecule has 0 aromatic carbocycles. The number of aliphatic hydroxyl groups excluding tert-OH is 1. The Kier molecular flexibility index (Phi) is 7.48. The van der Waals surface area contributed by atoms with Crippen LogP contribution in [0.15, 0.2) is 0 Å². The molecule has 0 bridgehead atoms. The molecule has 3 nitrogen and oxygen atoms in total. The highest BCUT2D eigenvalue weighted by atomic mass is 16.3. The molecule has 0 fully saturated rings. The van der Waals surface area contributed by atoms with Crippen LogP contribution in [0, 0.1) is 5.92 Å². The Morgan fingerprint density at radius 3 is 2.50 bits per heavy atom. The lowest BCUT2D eigenvalue weighted by Gasteiger charge is -2.17. The van der Waals surface area contributed by atoms with E-state index in [1.165, 1.54) is 0 Å². The molecule has 14 heavy (non-hydrogen) atoms. The lowest BCUT2D eigenvalue weighted by molar-refractivity contribution is -0.130. The average Bonchev–Trinajstić information content (AvgIpc) is 2.13. The smallest absolute Gasteiger partial charge is 0.222 e. The third-order valence-corrected chi connectivity index (χ3v) is 2.25. The van der Waals surface area contributed by atoms with Crippen molar-refractivity contribution in [3.63, 3.8) is 0 Å². The van der Waals surface area contributed by atoms with Gasteiger partial charge in [0.1, 0.15) is 0 Å². The minimum absolute atomic E-state index is 0.103. The number of rotatable bonds is 7. The second-order valence-corrected chi connectivity index (χ2v) is 4.18. The van der Waals surface area contributed by atoms with Gasteiger partial charge in [0, 0.05) is 26.6 Å². The minimum atomic E-state index is 0.103. The maximum atomic E-state index is 11.4. The molecule has 0 aliphatic rings. The Balaban J connectivity index is 3.51. The lowest BCUT2D eigenvalue weighted by Crippen LogP contribution is -2.27. The fourth-order valence-electron chi connectivity index (χ4n) is 1.28. The summed E-state index contributed by atoms with van der Waals surface area (Å²) in [4.78, 5) is 13.2. The summed E-state index contributed by atoms with van der Waals surface area (Å²) in [6.07, 6.45) is 3.28. The van der Waals surface area contributed by atoms with E-state index in [1.54, 1.807) is 4.90 Å². The topological polar surface area (TPSA) is 40.5 Å². The molecule has 0 aromatic rings. The van der Waals surface area contributed by atoms with Crippen molar-refractivity contribution in [2.45, 2.75) is 39.5 Å². The quantitative estimate of drug-likeness (QED) is 0.680. The van der Waals surface area contributed by atoms with Crippen molar-refractivity contribution in [1.82, 2.24) is 4.90 Å². The Labute approximate surface area is 87.1 Å². The summed E-state index contributed by atoms with van der Waals surface area (Å²) in [5, 5.41) is 8.58. The molecule has 0 rings (SSSR count). The molecule has 84 valence electrons. The lowest BCUT2D eigenvalue weighted by atomic mass is 10.1. The van der Waals surface area contributed by atoms with Crippen LogP contribution in [-0.4, -0.2) is 36.1 Å². The van der Waals surface area contributed by atoms with Gasteiger partial charge in [0.25, 0.3) is 0 Å². The summed E-state index contributed by atoms with van der Waals surface area (Å²) in [6.45, 7) is 5.31. The number of nitrogens with zero attached hydrogens (tertiary/aromatic N) is 1. The number of hydrogen-bond donors (Lipinski definition) is 1. The van der Waals surface area contributed by atoms with Crippen LogP contribution >= 0.6 is 0 Å². The van der Waals surface area contributed by atoms with Gasteiger partial charge >= 0.3 is 0 Å². The Morgan fingerprint density at radius 2 is 2.00 bits per heavy atom. The molecule has 0 unspecified atom stereocenters. The fraction of sp³-hybridized carbons (Fsp3) is 0.909. The summed E-state index contributed by atoms with van der Waals surface area (Å²) in [6, 6.07) is 0. The normalized spacial score (nSPS) is 10.6. The van der Waals surface area contributed by atoms with E-state index in [4.69, 9.17) is 5.11 Å². The van der Waals surface area contributed by atoms with E-state index in [1.807, 2.05) is 7.05 Å². The largest absolute Gasteiger partial charge is 0.396 e. The van der Waals surface area contributed by atoms with Crippen LogP contribution in [0.1, 0.15) is 39.5 Å². The Morgan fingerprint density at radius 1 is 1.36 bits per heavy atom. The van der Waals surface area contributed by atoms with Crippen molar-refractivity contribution in [3.8, 4) is 0 Å². The first-order valence-electron chi connectivity index (χ1n) is 5.42. The van der Waals surface area contributed by atoms with Crippen LogP contribution in [0.25, 0.3) is 0 Å². The van der Waals surface area contributed by atoms with E-state index in [-0.39, 0.29) is 12.5 Å². The van der Waals surface area contributed by atoms with Crippen molar-refractivity contribution in [2.75, 3.05) is 20.2 Å². The number of carbonyl (C=O) groups excluding carboxylic acids is 1. The summed E-state index contributed by atoms with van der Waals surface area (Å²) in [7, 11) is 1.83. The van der Waals surface area contributed by atoms with Crippen molar-refractivity contribution in [1.29, 1.82) is 0 Å². The van der Waals surface area contributed by atoms with Crippen molar-refractivity contribution in [2.24, 2.45) is 5.92 Å². The highest BCUT2D eigenvalue weighted by Crippen LogP contribution is 2.05. The van der Waals surface area contributed by atoms with Crippen molar-refractivity contribution in [3.05, 3.63) is 0 Å². The zero-order valence-electron chi connectivity index (χ0n) is 9.62. The number of amides is 1. The minimum Gasteiger partial charge on any atom is -0.396 e. The molecule has 0 atom stereocenters. The van der Waals surface area contributed by atoms with E-state index in [9.17, 15) is 4.79 Å². The second kappa shape index (κ2) is 7.80. The number of hydrogen-bond acceptors (Lipinski definition) is 2. The van der Waals surface area contributed by atoms with E-state index >= 15 is 0 Å². The van der Waals surface area contributed by atoms with Crippen molar-refractivity contribution >= 4 is 5.91 Å². The van der Waals surface area contributed by atoms with Crippen LogP contribution in [0.3, 0.4) is 0 Å². The van der Waals surface area contributed by atoms with Crippen LogP contribution in [0.4, 0.5) is 0 Å². The first-order chi connectivity index (χ1) is 6.57. The molecule has 1 amide bonds. The summed E-state index contributed by atoms with van der Waals surface area (Å²) in [5.41, 5.74) is 0. The zero-order chi connectivity index (χ0) is 11.0. The molecule has 0 aliphatic heterocycles. The van der Waals surface area contributed by atoms with E-state index in [0.29, 0.717) is 18.8 Å². The summed E-state index contributed by atoms with van der Waals surface area (Å²) in [5.74, 6) is 0.846. The van der Waals surface area contributed by atoms with Gasteiger partial charge in [-0.3, -0.25) is 4.79 Å². The second-order valence-electron chi connectivity index (χ2n) is 4.18. The molecule has 0 aliphatic carbocycles. The fourth-order valence-corrected chi connectivity index (χ4v) is 1.28. The highest BCUT2D eigenvalue weighted by molar-refractivity contribution is 5.75. The molecule has 0 aromatic heterocycles. The summed E-state index contributed by atoms with van der Waals surface area (Å²) < 4.78 is 0. The first-order valence-corrected chi connectivity index (χ1v) is 5.42. The maximum Gasteiger partial charge on any atom is 0.222 e. The van der Waals surface area contributed by atoms with Crippen LogP contribution in [0.2, 0.25) is 0 Å². The van der Waals surface area contributed by atoms with Gasteiger partial charge in [0.15, 0.2) is 0 Å². The molecule has 0 heterocycles. The molecular formula is C11H23NO2. The molecule has 0 radical (unpaired) electrons. The summed E-state index contributed by atoms with van der Waals surface area (Å²) >= 11 is 0. The molecule has 1 N–H and O–H groups in total. The molecule has 0 spiro atoms. The predicted molar refractivity (Wildman–Crippen MR) is 58.0 cm³/mol. The van der Waals surface area contributed by atoms with E-state index in [0.717, 1.165) is 19.4 Å². The van der Waals surface area contributed by atoms with Gasteiger partial charge in [-0.05, 0) is 25.2 Å². The van der Waals surface area contributed by atoms with Crippen LogP contribution in [0.5, 0.6) is 0 Å². The molecule has 0 saturated carbocycles. The monoisotopic (exact) mass is 201 g/mol. The third-order valence-electron chi connectivity index (χ3n) is 2.25. The van der Waals surface area contributed by atoms with Gasteiger partial charge in [-0.25, -0.2) is 0 Å². The standard InChI is InChI=1S/C11H23NO2/c1-10(2)6-4-8-12(3)11(14)7-5-9-13/h10,13H,4-9H2,1-3H3. The zero-order valence-corrected chi connectivity index (χ0v) is 9.62. The van der Waals surface area contributed by atoms with Gasteiger partial charge < -0.3 is 10.0 Å². The van der Waals surface area contributed by atoms with Crippen molar-refractivity contribution < 1.29 is 9.90 Å². The molecular weight excluding hydrogens is 178 g/mol. The van der Waals surface area contributed by atoms with Crippen LogP contribution in [-0.2, 0) is 4.79 Å². The highest BCUT2D eigenvalue weighted by Gasteiger charge is 2.07. The van der Waals surface area contributed by atoms with Gasteiger partial charge in [0.2, 0.25) is 5.91 Å². The van der Waals surface area contributed by atoms with Gasteiger partial charge in [-0.1, -0.05) is 13.8 Å². The van der Waals surface area contributed by atoms with E-state index in [2.05, 4.69) is 13.8 Å². The van der Waals surface area contributed by atoms with Crippen LogP contribution < -0.4 is 0 Å². The number of aliphatic hydroxyl groups is 1. The average molecular weight is 201 g/mol. The number of carbonyl (C=O) groups is 1. The van der Waals surface area contributed by atoms with Gasteiger partial charge in [-0.2, -0.15) is 0 Å². The van der Waals surface area contributed by atoms with Gasteiger partial charge in [-0.15, -0.1) is 0 Å². The SMILES string of the molecule is CC(C)CCCN(C)C(=O)CCCO. The van der Waals surface area contributed by atoms with Gasteiger partial charge in [0.05, 0.1) is 0 Å². The van der Waals surface area contributed by atoms with E-state index < -0.39 is 0 Å².